The molecule has 4 aromatic rings. The second kappa shape index (κ2) is 11.0. The van der Waals surface area contributed by atoms with Gasteiger partial charge < -0.3 is 14.2 Å². The molecule has 0 radical (unpaired) electrons. The van der Waals surface area contributed by atoms with Gasteiger partial charge in [-0.2, -0.15) is 0 Å². The fourth-order valence-electron chi connectivity index (χ4n) is 3.64. The van der Waals surface area contributed by atoms with E-state index in [1.807, 2.05) is 54.6 Å². The first-order valence-corrected chi connectivity index (χ1v) is 12.1. The molecule has 0 bridgehead atoms. The first kappa shape index (κ1) is 23.6. The van der Waals surface area contributed by atoms with Gasteiger partial charge in [0, 0.05) is 37.5 Å². The molecular formula is C27H28N4O2S. The van der Waals surface area contributed by atoms with E-state index in [0.29, 0.717) is 11.3 Å². The number of methoxy groups -OCH3 is 1. The maximum absolute atomic E-state index is 12.3. The van der Waals surface area contributed by atoms with E-state index < -0.39 is 0 Å². The Labute approximate surface area is 204 Å². The summed E-state index contributed by atoms with van der Waals surface area (Å²) in [5, 5.41) is 9.90. The van der Waals surface area contributed by atoms with Crippen LogP contribution in [-0.2, 0) is 18.7 Å². The Morgan fingerprint density at radius 1 is 0.941 bits per heavy atom. The zero-order valence-corrected chi connectivity index (χ0v) is 20.5. The molecule has 0 spiro atoms. The number of benzene rings is 3. The number of rotatable bonds is 9. The monoisotopic (exact) mass is 472 g/mol. The topological polar surface area (TPSA) is 60.3 Å². The van der Waals surface area contributed by atoms with Gasteiger partial charge in [0.2, 0.25) is 0 Å². The van der Waals surface area contributed by atoms with Gasteiger partial charge in [0.1, 0.15) is 5.75 Å². The van der Waals surface area contributed by atoms with Gasteiger partial charge in [-0.1, -0.05) is 54.2 Å². The van der Waals surface area contributed by atoms with Crippen molar-refractivity contribution >= 4 is 17.7 Å². The Morgan fingerprint density at radius 3 is 2.38 bits per heavy atom. The average Bonchev–Trinajstić information content (AvgIpc) is 3.29. The summed E-state index contributed by atoms with van der Waals surface area (Å²) in [7, 11) is 5.19. The Bertz CT molecular complexity index is 1240. The largest absolute Gasteiger partial charge is 0.497 e. The summed E-state index contributed by atoms with van der Waals surface area (Å²) >= 11 is 1.63. The van der Waals surface area contributed by atoms with E-state index in [4.69, 9.17) is 4.74 Å². The van der Waals surface area contributed by atoms with Crippen molar-refractivity contribution in [2.45, 2.75) is 23.9 Å². The summed E-state index contributed by atoms with van der Waals surface area (Å²) in [6.07, 6.45) is 0.877. The molecule has 174 valence electrons. The number of hydrogen-bond donors (Lipinski definition) is 0. The molecule has 0 saturated carbocycles. The summed E-state index contributed by atoms with van der Waals surface area (Å²) < 4.78 is 7.48. The zero-order valence-electron chi connectivity index (χ0n) is 19.6. The van der Waals surface area contributed by atoms with Gasteiger partial charge in [0.25, 0.3) is 5.91 Å². The molecule has 0 aliphatic rings. The number of nitrogens with zero attached hydrogens (tertiary/aromatic N) is 4. The van der Waals surface area contributed by atoms with Crippen LogP contribution in [0.2, 0.25) is 0 Å². The SMILES string of the molecule is COc1ccc(-c2nnc(SCc3cccc(C(=O)N(C)C)c3)n2CCc2ccccc2)cc1. The number of amides is 1. The third-order valence-electron chi connectivity index (χ3n) is 5.48. The number of thioether (sulfide) groups is 1. The van der Waals surface area contributed by atoms with Crippen molar-refractivity contribution in [3.05, 3.63) is 95.6 Å². The molecule has 34 heavy (non-hydrogen) atoms. The predicted molar refractivity (Wildman–Crippen MR) is 136 cm³/mol. The molecule has 3 aromatic carbocycles. The minimum atomic E-state index is -0.000306. The minimum absolute atomic E-state index is 0.000306. The summed E-state index contributed by atoms with van der Waals surface area (Å²) in [5.41, 5.74) is 4.02. The number of aromatic nitrogens is 3. The number of hydrogen-bond acceptors (Lipinski definition) is 5. The van der Waals surface area contributed by atoms with Crippen LogP contribution in [0.15, 0.2) is 84.0 Å². The average molecular weight is 473 g/mol. The van der Waals surface area contributed by atoms with Gasteiger partial charge in [0.05, 0.1) is 7.11 Å². The van der Waals surface area contributed by atoms with Crippen LogP contribution in [-0.4, -0.2) is 46.8 Å². The molecule has 6 nitrogen and oxygen atoms in total. The van der Waals surface area contributed by atoms with Crippen LogP contribution in [0, 0.1) is 0 Å². The number of carbonyl (C=O) groups is 1. The van der Waals surface area contributed by atoms with Gasteiger partial charge >= 0.3 is 0 Å². The quantitative estimate of drug-likeness (QED) is 0.314. The summed E-state index contributed by atoms with van der Waals surface area (Å²) in [5.74, 6) is 2.33. The number of ether oxygens (including phenoxy) is 1. The van der Waals surface area contributed by atoms with Crippen molar-refractivity contribution in [2.24, 2.45) is 0 Å². The first-order chi connectivity index (χ1) is 16.5. The standard InChI is InChI=1S/C27H28N4O2S/c1-30(2)26(32)23-11-7-10-21(18-23)19-34-27-29-28-25(22-12-14-24(33-3)15-13-22)31(27)17-16-20-8-5-4-6-9-20/h4-15,18H,16-17,19H2,1-3H3. The van der Waals surface area contributed by atoms with Crippen molar-refractivity contribution in [2.75, 3.05) is 21.2 Å². The maximum Gasteiger partial charge on any atom is 0.253 e. The number of aryl methyl sites for hydroxylation is 1. The van der Waals surface area contributed by atoms with Crippen molar-refractivity contribution in [1.29, 1.82) is 0 Å². The Balaban J connectivity index is 1.58. The van der Waals surface area contributed by atoms with E-state index in [0.717, 1.165) is 40.8 Å². The van der Waals surface area contributed by atoms with Gasteiger partial charge in [-0.3, -0.25) is 4.79 Å². The van der Waals surface area contributed by atoms with Gasteiger partial charge in [-0.15, -0.1) is 10.2 Å². The fourth-order valence-corrected chi connectivity index (χ4v) is 4.54. The minimum Gasteiger partial charge on any atom is -0.497 e. The highest BCUT2D eigenvalue weighted by atomic mass is 32.2. The normalized spacial score (nSPS) is 10.8. The van der Waals surface area contributed by atoms with Gasteiger partial charge in [-0.05, 0) is 53.9 Å². The highest BCUT2D eigenvalue weighted by Gasteiger charge is 2.16. The molecule has 0 aliphatic carbocycles. The molecular weight excluding hydrogens is 444 g/mol. The molecule has 1 heterocycles. The first-order valence-electron chi connectivity index (χ1n) is 11.1. The van der Waals surface area contributed by atoms with Crippen molar-refractivity contribution in [1.82, 2.24) is 19.7 Å². The lowest BCUT2D eigenvalue weighted by atomic mass is 10.1. The van der Waals surface area contributed by atoms with Crippen LogP contribution in [0.5, 0.6) is 5.75 Å². The van der Waals surface area contributed by atoms with E-state index >= 15 is 0 Å². The molecule has 0 fully saturated rings. The highest BCUT2D eigenvalue weighted by molar-refractivity contribution is 7.98. The van der Waals surface area contributed by atoms with Gasteiger partial charge in [0.15, 0.2) is 11.0 Å². The van der Waals surface area contributed by atoms with Crippen LogP contribution in [0.4, 0.5) is 0 Å². The molecule has 0 atom stereocenters. The third-order valence-corrected chi connectivity index (χ3v) is 6.52. The Kier molecular flexibility index (Phi) is 7.65. The highest BCUT2D eigenvalue weighted by Crippen LogP contribution is 2.28. The van der Waals surface area contributed by atoms with Crippen molar-refractivity contribution in [3.63, 3.8) is 0 Å². The summed E-state index contributed by atoms with van der Waals surface area (Å²) in [6.45, 7) is 0.764. The van der Waals surface area contributed by atoms with Crippen molar-refractivity contribution in [3.8, 4) is 17.1 Å². The summed E-state index contributed by atoms with van der Waals surface area (Å²) in [6, 6.07) is 26.1. The molecule has 0 unspecified atom stereocenters. The van der Waals surface area contributed by atoms with E-state index in [2.05, 4.69) is 39.0 Å². The lowest BCUT2D eigenvalue weighted by Crippen LogP contribution is -2.21. The van der Waals surface area contributed by atoms with E-state index in [-0.39, 0.29) is 5.91 Å². The second-order valence-electron chi connectivity index (χ2n) is 8.11. The Morgan fingerprint density at radius 2 is 1.68 bits per heavy atom. The van der Waals surface area contributed by atoms with Crippen LogP contribution < -0.4 is 4.74 Å². The lowest BCUT2D eigenvalue weighted by molar-refractivity contribution is 0.0827. The molecule has 0 saturated heterocycles. The molecule has 1 aromatic heterocycles. The maximum atomic E-state index is 12.3. The van der Waals surface area contributed by atoms with E-state index in [9.17, 15) is 4.79 Å². The Hall–Kier alpha value is -3.58. The smallest absolute Gasteiger partial charge is 0.253 e. The van der Waals surface area contributed by atoms with E-state index in [1.165, 1.54) is 5.56 Å². The fraction of sp³-hybridized carbons (Fsp3) is 0.222. The van der Waals surface area contributed by atoms with Crippen LogP contribution in [0.1, 0.15) is 21.5 Å². The van der Waals surface area contributed by atoms with Crippen molar-refractivity contribution < 1.29 is 9.53 Å². The second-order valence-corrected chi connectivity index (χ2v) is 9.05. The predicted octanol–water partition coefficient (Wildman–Crippen LogP) is 5.19. The lowest BCUT2D eigenvalue weighted by Gasteiger charge is -2.12. The summed E-state index contributed by atoms with van der Waals surface area (Å²) in [4.78, 5) is 13.9. The van der Waals surface area contributed by atoms with Gasteiger partial charge in [-0.25, -0.2) is 0 Å². The molecule has 0 aliphatic heterocycles. The van der Waals surface area contributed by atoms with E-state index in [1.54, 1.807) is 37.9 Å². The molecule has 7 heteroatoms. The molecule has 4 rings (SSSR count). The van der Waals surface area contributed by atoms with Crippen LogP contribution >= 0.6 is 11.8 Å². The molecule has 0 N–H and O–H groups in total. The third kappa shape index (κ3) is 5.66. The zero-order chi connectivity index (χ0) is 23.9. The molecule has 1 amide bonds. The number of carbonyl (C=O) groups excluding carboxylic acids is 1. The van der Waals surface area contributed by atoms with Crippen LogP contribution in [0.3, 0.4) is 0 Å². The van der Waals surface area contributed by atoms with Crippen LogP contribution in [0.25, 0.3) is 11.4 Å².